The van der Waals surface area contributed by atoms with E-state index in [2.05, 4.69) is 0 Å². The third-order valence-corrected chi connectivity index (χ3v) is 6.46. The van der Waals surface area contributed by atoms with Gasteiger partial charge in [-0.05, 0) is 51.1 Å². The topological polar surface area (TPSA) is 96.7 Å². The maximum atomic E-state index is 12.5. The van der Waals surface area contributed by atoms with Crippen LogP contribution in [0.25, 0.3) is 0 Å². The normalized spacial score (nSPS) is 11.4. The van der Waals surface area contributed by atoms with E-state index in [1.807, 2.05) is 6.07 Å². The van der Waals surface area contributed by atoms with E-state index in [0.717, 1.165) is 0 Å². The number of nitriles is 1. The third-order valence-electron chi connectivity index (χ3n) is 4.13. The lowest BCUT2D eigenvalue weighted by Gasteiger charge is -2.21. The first kappa shape index (κ1) is 22.7. The van der Waals surface area contributed by atoms with Crippen molar-refractivity contribution in [3.05, 3.63) is 52.5 Å². The fourth-order valence-corrected chi connectivity index (χ4v) is 3.97. The van der Waals surface area contributed by atoms with Gasteiger partial charge in [0.25, 0.3) is 0 Å². The molecule has 0 fully saturated rings. The molecule has 2 aromatic carbocycles. The predicted octanol–water partition coefficient (Wildman–Crippen LogP) is 3.86. The third kappa shape index (κ3) is 5.07. The highest BCUT2D eigenvalue weighted by molar-refractivity contribution is 7.89. The van der Waals surface area contributed by atoms with Gasteiger partial charge in [0.05, 0.1) is 33.7 Å². The summed E-state index contributed by atoms with van der Waals surface area (Å²) >= 11 is 6.14. The average Bonchev–Trinajstić information content (AvgIpc) is 2.69. The fourth-order valence-electron chi connectivity index (χ4n) is 2.35. The Morgan fingerprint density at radius 1 is 1.24 bits per heavy atom. The highest BCUT2D eigenvalue weighted by Crippen LogP contribution is 2.37. The molecule has 0 amide bonds. The van der Waals surface area contributed by atoms with E-state index in [9.17, 15) is 13.2 Å². The molecule has 29 heavy (non-hydrogen) atoms. The second-order valence-corrected chi connectivity index (χ2v) is 8.76. The highest BCUT2D eigenvalue weighted by Gasteiger charge is 2.24. The summed E-state index contributed by atoms with van der Waals surface area (Å²) < 4.78 is 37.0. The Labute approximate surface area is 175 Å². The van der Waals surface area contributed by atoms with Crippen LogP contribution >= 0.6 is 11.6 Å². The van der Waals surface area contributed by atoms with Gasteiger partial charge in [0.15, 0.2) is 11.5 Å². The van der Waals surface area contributed by atoms with Crippen LogP contribution in [0.15, 0.2) is 41.3 Å². The zero-order valence-corrected chi connectivity index (χ0v) is 18.0. The zero-order chi connectivity index (χ0) is 21.8. The van der Waals surface area contributed by atoms with Crippen molar-refractivity contribution in [3.8, 4) is 17.6 Å². The van der Waals surface area contributed by atoms with Gasteiger partial charge in [0, 0.05) is 19.2 Å². The summed E-state index contributed by atoms with van der Waals surface area (Å²) in [6.07, 6.45) is 0. The first-order chi connectivity index (χ1) is 13.6. The van der Waals surface area contributed by atoms with Crippen molar-refractivity contribution in [1.29, 1.82) is 5.26 Å². The Balaban J connectivity index is 2.30. The lowest BCUT2D eigenvalue weighted by Crippen LogP contribution is -2.33. The number of carbonyl (C=O) groups is 1. The van der Waals surface area contributed by atoms with E-state index in [4.69, 9.17) is 26.3 Å². The number of hydrogen-bond acceptors (Lipinski definition) is 6. The largest absolute Gasteiger partial charge is 0.490 e. The van der Waals surface area contributed by atoms with Gasteiger partial charge >= 0.3 is 5.97 Å². The van der Waals surface area contributed by atoms with Crippen molar-refractivity contribution in [3.63, 3.8) is 0 Å². The van der Waals surface area contributed by atoms with Gasteiger partial charge in [0.1, 0.15) is 0 Å². The van der Waals surface area contributed by atoms with Crippen molar-refractivity contribution in [2.45, 2.75) is 31.7 Å². The molecule has 0 aliphatic rings. The maximum absolute atomic E-state index is 12.5. The molecule has 0 aliphatic heterocycles. The summed E-state index contributed by atoms with van der Waals surface area (Å²) in [5, 5.41) is 9.10. The summed E-state index contributed by atoms with van der Waals surface area (Å²) in [4.78, 5) is 12.6. The summed E-state index contributed by atoms with van der Waals surface area (Å²) in [6, 6.07) is 9.94. The predicted molar refractivity (Wildman–Crippen MR) is 109 cm³/mol. The summed E-state index contributed by atoms with van der Waals surface area (Å²) in [5.74, 6) is -0.574. The summed E-state index contributed by atoms with van der Waals surface area (Å²) in [5.41, 5.74) is 0.404. The van der Waals surface area contributed by atoms with E-state index >= 15 is 0 Å². The molecule has 0 aromatic heterocycles. The van der Waals surface area contributed by atoms with E-state index in [1.165, 1.54) is 47.8 Å². The quantitative estimate of drug-likeness (QED) is 0.483. The van der Waals surface area contributed by atoms with Crippen LogP contribution in [0.4, 0.5) is 0 Å². The van der Waals surface area contributed by atoms with Crippen molar-refractivity contribution in [2.75, 3.05) is 13.7 Å². The number of benzene rings is 2. The summed E-state index contributed by atoms with van der Waals surface area (Å²) in [7, 11) is -2.17. The van der Waals surface area contributed by atoms with Crippen molar-refractivity contribution >= 4 is 27.6 Å². The standard InChI is InChI=1S/C20H21ClN2O5S/c1-5-27-18-11-14(12-22)10-17(21)19(18)28-20(24)15-6-8-16(9-7-15)29(25,26)23(4)13(2)3/h6-11,13H,5H2,1-4H3. The lowest BCUT2D eigenvalue weighted by atomic mass is 10.2. The van der Waals surface area contributed by atoms with Crippen LogP contribution in [0.3, 0.4) is 0 Å². The Bertz CT molecular complexity index is 1040. The number of carbonyl (C=O) groups excluding carboxylic acids is 1. The number of sulfonamides is 1. The molecule has 0 saturated heterocycles. The molecule has 154 valence electrons. The smallest absolute Gasteiger partial charge is 0.343 e. The minimum absolute atomic E-state index is 0.00578. The molecule has 2 rings (SSSR count). The number of rotatable bonds is 7. The number of esters is 1. The van der Waals surface area contributed by atoms with Crippen LogP contribution in [-0.4, -0.2) is 38.4 Å². The Hall–Kier alpha value is -2.60. The monoisotopic (exact) mass is 436 g/mol. The number of hydrogen-bond donors (Lipinski definition) is 0. The molecule has 0 bridgehead atoms. The molecule has 0 spiro atoms. The van der Waals surface area contributed by atoms with Crippen molar-refractivity contribution in [1.82, 2.24) is 4.31 Å². The van der Waals surface area contributed by atoms with Crippen LogP contribution in [0, 0.1) is 11.3 Å². The highest BCUT2D eigenvalue weighted by atomic mass is 35.5. The minimum Gasteiger partial charge on any atom is -0.490 e. The molecule has 2 aromatic rings. The van der Waals surface area contributed by atoms with Crippen LogP contribution in [0.1, 0.15) is 36.7 Å². The van der Waals surface area contributed by atoms with Gasteiger partial charge in [-0.25, -0.2) is 13.2 Å². The minimum atomic E-state index is -3.66. The Kier molecular flexibility index (Phi) is 7.25. The Morgan fingerprint density at radius 3 is 2.38 bits per heavy atom. The molecule has 0 aliphatic carbocycles. The van der Waals surface area contributed by atoms with Gasteiger partial charge in [-0.15, -0.1) is 0 Å². The molecule has 0 radical (unpaired) electrons. The van der Waals surface area contributed by atoms with Gasteiger partial charge in [0.2, 0.25) is 10.0 Å². The Morgan fingerprint density at radius 2 is 1.86 bits per heavy atom. The van der Waals surface area contributed by atoms with Crippen LogP contribution in [0.5, 0.6) is 11.5 Å². The molecule has 0 heterocycles. The van der Waals surface area contributed by atoms with Crippen LogP contribution in [-0.2, 0) is 10.0 Å². The molecule has 0 unspecified atom stereocenters. The molecule has 0 atom stereocenters. The molecular weight excluding hydrogens is 416 g/mol. The fraction of sp³-hybridized carbons (Fsp3) is 0.300. The van der Waals surface area contributed by atoms with Crippen molar-refractivity contribution in [2.24, 2.45) is 0 Å². The molecule has 7 nitrogen and oxygen atoms in total. The number of ether oxygens (including phenoxy) is 2. The van der Waals surface area contributed by atoms with E-state index < -0.39 is 16.0 Å². The van der Waals surface area contributed by atoms with E-state index in [1.54, 1.807) is 20.8 Å². The van der Waals surface area contributed by atoms with Gasteiger partial charge in [-0.1, -0.05) is 11.6 Å². The average molecular weight is 437 g/mol. The molecule has 0 saturated carbocycles. The first-order valence-corrected chi connectivity index (χ1v) is 10.6. The first-order valence-electron chi connectivity index (χ1n) is 8.78. The van der Waals surface area contributed by atoms with Gasteiger partial charge in [-0.2, -0.15) is 9.57 Å². The van der Waals surface area contributed by atoms with E-state index in [0.29, 0.717) is 0 Å². The van der Waals surface area contributed by atoms with Gasteiger partial charge in [-0.3, -0.25) is 0 Å². The summed E-state index contributed by atoms with van der Waals surface area (Å²) in [6.45, 7) is 5.55. The second-order valence-electron chi connectivity index (χ2n) is 6.36. The van der Waals surface area contributed by atoms with Crippen molar-refractivity contribution < 1.29 is 22.7 Å². The zero-order valence-electron chi connectivity index (χ0n) is 16.5. The van der Waals surface area contributed by atoms with Crippen LogP contribution < -0.4 is 9.47 Å². The van der Waals surface area contributed by atoms with Gasteiger partial charge < -0.3 is 9.47 Å². The molecule has 9 heteroatoms. The lowest BCUT2D eigenvalue weighted by molar-refractivity contribution is 0.0728. The van der Waals surface area contributed by atoms with E-state index in [-0.39, 0.29) is 45.2 Å². The molecular formula is C20H21ClN2O5S. The number of nitrogens with zero attached hydrogens (tertiary/aromatic N) is 2. The number of halogens is 1. The second kappa shape index (κ2) is 9.27. The maximum Gasteiger partial charge on any atom is 0.343 e. The van der Waals surface area contributed by atoms with Crippen LogP contribution in [0.2, 0.25) is 5.02 Å². The SMILES string of the molecule is CCOc1cc(C#N)cc(Cl)c1OC(=O)c1ccc(S(=O)(=O)N(C)C(C)C)cc1. The molecule has 0 N–H and O–H groups in total.